The summed E-state index contributed by atoms with van der Waals surface area (Å²) in [5.41, 5.74) is 0.936. The second-order valence-electron chi connectivity index (χ2n) is 6.52. The fourth-order valence-corrected chi connectivity index (χ4v) is 4.18. The molecule has 0 spiro atoms. The number of carbonyl (C=O) groups excluding carboxylic acids is 2. The lowest BCUT2D eigenvalue weighted by atomic mass is 10.0. The van der Waals surface area contributed by atoms with Crippen LogP contribution < -0.4 is 5.32 Å². The van der Waals surface area contributed by atoms with Gasteiger partial charge in [0.2, 0.25) is 0 Å². The summed E-state index contributed by atoms with van der Waals surface area (Å²) in [4.78, 5) is 26.6. The molecule has 2 aromatic rings. The average Bonchev–Trinajstić information content (AvgIpc) is 2.88. The number of rotatable bonds is 7. The molecule has 1 heterocycles. The van der Waals surface area contributed by atoms with Crippen LogP contribution in [0.5, 0.6) is 0 Å². The normalized spacial score (nSPS) is 20.9. The third-order valence-corrected chi connectivity index (χ3v) is 5.78. The lowest BCUT2D eigenvalue weighted by Crippen LogP contribution is -2.46. The van der Waals surface area contributed by atoms with Crippen molar-refractivity contribution in [3.63, 3.8) is 0 Å². The van der Waals surface area contributed by atoms with Gasteiger partial charge in [0.05, 0.1) is 12.6 Å². The molecular weight excluding hydrogens is 348 g/mol. The van der Waals surface area contributed by atoms with Crippen molar-refractivity contribution >= 4 is 23.7 Å². The summed E-state index contributed by atoms with van der Waals surface area (Å²) < 4.78 is 0. The number of imide groups is 1. The highest BCUT2D eigenvalue weighted by atomic mass is 32.2. The van der Waals surface area contributed by atoms with Crippen LogP contribution in [0.2, 0.25) is 0 Å². The number of hydrogen-bond donors (Lipinski definition) is 2. The van der Waals surface area contributed by atoms with Crippen molar-refractivity contribution in [2.24, 2.45) is 0 Å². The molecule has 2 aromatic carbocycles. The first-order chi connectivity index (χ1) is 12.5. The Morgan fingerprint density at radius 3 is 2.31 bits per heavy atom. The largest absolute Gasteiger partial charge is 0.394 e. The van der Waals surface area contributed by atoms with Gasteiger partial charge in [-0.05, 0) is 18.1 Å². The van der Waals surface area contributed by atoms with Crippen molar-refractivity contribution in [1.82, 2.24) is 10.2 Å². The van der Waals surface area contributed by atoms with Crippen LogP contribution in [-0.2, 0) is 10.5 Å². The van der Waals surface area contributed by atoms with E-state index >= 15 is 0 Å². The molecule has 0 radical (unpaired) electrons. The molecule has 2 atom stereocenters. The van der Waals surface area contributed by atoms with E-state index in [1.165, 1.54) is 5.56 Å². The SMILES string of the molecule is C[C@@]1(CSCc2ccccc2)NC(=O)N([C@@H](CO)c2ccccc2)C1=O. The van der Waals surface area contributed by atoms with Crippen LogP contribution in [-0.4, -0.2) is 39.8 Å². The molecule has 0 unspecified atom stereocenters. The molecule has 5 nitrogen and oxygen atoms in total. The third kappa shape index (κ3) is 3.76. The van der Waals surface area contributed by atoms with E-state index in [2.05, 4.69) is 5.32 Å². The number of nitrogens with zero attached hydrogens (tertiary/aromatic N) is 1. The van der Waals surface area contributed by atoms with Crippen LogP contribution in [0.3, 0.4) is 0 Å². The Hall–Kier alpha value is -2.31. The summed E-state index contributed by atoms with van der Waals surface area (Å²) in [7, 11) is 0. The lowest BCUT2D eigenvalue weighted by molar-refractivity contribution is -0.132. The molecule has 0 saturated carbocycles. The van der Waals surface area contributed by atoms with Gasteiger partial charge < -0.3 is 10.4 Å². The summed E-state index contributed by atoms with van der Waals surface area (Å²) in [5.74, 6) is 0.934. The summed E-state index contributed by atoms with van der Waals surface area (Å²) in [6, 6.07) is 18.0. The number of nitrogens with one attached hydrogen (secondary N) is 1. The maximum atomic E-state index is 13.0. The van der Waals surface area contributed by atoms with E-state index in [1.54, 1.807) is 30.8 Å². The van der Waals surface area contributed by atoms with E-state index in [4.69, 9.17) is 0 Å². The Kier molecular flexibility index (Phi) is 5.64. The van der Waals surface area contributed by atoms with Crippen LogP contribution >= 0.6 is 11.8 Å². The van der Waals surface area contributed by atoms with Gasteiger partial charge in [-0.15, -0.1) is 0 Å². The Morgan fingerprint density at radius 1 is 1.08 bits per heavy atom. The van der Waals surface area contributed by atoms with Gasteiger partial charge in [-0.1, -0.05) is 60.7 Å². The molecule has 3 rings (SSSR count). The van der Waals surface area contributed by atoms with Crippen LogP contribution in [0.4, 0.5) is 4.79 Å². The van der Waals surface area contributed by atoms with Gasteiger partial charge in [0, 0.05) is 11.5 Å². The minimum atomic E-state index is -0.973. The number of aliphatic hydroxyl groups excluding tert-OH is 1. The van der Waals surface area contributed by atoms with Crippen molar-refractivity contribution in [3.8, 4) is 0 Å². The maximum absolute atomic E-state index is 13.0. The van der Waals surface area contributed by atoms with Crippen LogP contribution in [0.15, 0.2) is 60.7 Å². The Bertz CT molecular complexity index is 769. The van der Waals surface area contributed by atoms with Gasteiger partial charge in [-0.3, -0.25) is 9.69 Å². The highest BCUT2D eigenvalue weighted by molar-refractivity contribution is 7.98. The first-order valence-electron chi connectivity index (χ1n) is 8.48. The third-order valence-electron chi connectivity index (χ3n) is 4.46. The second kappa shape index (κ2) is 7.93. The molecule has 0 aromatic heterocycles. The number of hydrogen-bond acceptors (Lipinski definition) is 4. The Balaban J connectivity index is 1.70. The van der Waals surface area contributed by atoms with Crippen molar-refractivity contribution in [2.45, 2.75) is 24.3 Å². The number of urea groups is 1. The van der Waals surface area contributed by atoms with Crippen LogP contribution in [0, 0.1) is 0 Å². The second-order valence-corrected chi connectivity index (χ2v) is 7.51. The van der Waals surface area contributed by atoms with Crippen molar-refractivity contribution in [1.29, 1.82) is 0 Å². The van der Waals surface area contributed by atoms with Gasteiger partial charge in [0.25, 0.3) is 5.91 Å². The fraction of sp³-hybridized carbons (Fsp3) is 0.300. The Morgan fingerprint density at radius 2 is 1.69 bits per heavy atom. The smallest absolute Gasteiger partial charge is 0.325 e. The summed E-state index contributed by atoms with van der Waals surface area (Å²) in [6.07, 6.45) is 0. The van der Waals surface area contributed by atoms with Gasteiger partial charge in [-0.25, -0.2) is 4.79 Å². The highest BCUT2D eigenvalue weighted by Crippen LogP contribution is 2.30. The molecule has 136 valence electrons. The van der Waals surface area contributed by atoms with Crippen molar-refractivity contribution < 1.29 is 14.7 Å². The number of carbonyl (C=O) groups is 2. The molecule has 1 saturated heterocycles. The molecule has 0 aliphatic carbocycles. The van der Waals surface area contributed by atoms with Crippen molar-refractivity contribution in [2.75, 3.05) is 12.4 Å². The van der Waals surface area contributed by atoms with Gasteiger partial charge in [0.1, 0.15) is 5.54 Å². The molecule has 6 heteroatoms. The lowest BCUT2D eigenvalue weighted by Gasteiger charge is -2.26. The fourth-order valence-electron chi connectivity index (χ4n) is 3.05. The van der Waals surface area contributed by atoms with Crippen LogP contribution in [0.25, 0.3) is 0 Å². The van der Waals surface area contributed by atoms with E-state index < -0.39 is 17.6 Å². The van der Waals surface area contributed by atoms with E-state index in [1.807, 2.05) is 48.5 Å². The van der Waals surface area contributed by atoms with Gasteiger partial charge >= 0.3 is 6.03 Å². The molecule has 1 aliphatic heterocycles. The molecular formula is C20H22N2O3S. The highest BCUT2D eigenvalue weighted by Gasteiger charge is 2.50. The van der Waals surface area contributed by atoms with Gasteiger partial charge in [-0.2, -0.15) is 11.8 Å². The Labute approximate surface area is 157 Å². The predicted octanol–water partition coefficient (Wildman–Crippen LogP) is 2.96. The zero-order valence-electron chi connectivity index (χ0n) is 14.6. The standard InChI is InChI=1S/C20H22N2O3S/c1-20(14-26-13-15-8-4-2-5-9-15)18(24)22(19(25)21-20)17(12-23)16-10-6-3-7-11-16/h2-11,17,23H,12-14H2,1H3,(H,21,25)/t17-,20-/m0/s1. The quantitative estimate of drug-likeness (QED) is 0.735. The van der Waals surface area contributed by atoms with Crippen LogP contribution in [0.1, 0.15) is 24.1 Å². The molecule has 1 aliphatic rings. The number of amides is 3. The van der Waals surface area contributed by atoms with Gasteiger partial charge in [0.15, 0.2) is 0 Å². The van der Waals surface area contributed by atoms with Crippen molar-refractivity contribution in [3.05, 3.63) is 71.8 Å². The minimum absolute atomic E-state index is 0.300. The zero-order chi connectivity index (χ0) is 18.6. The molecule has 2 N–H and O–H groups in total. The summed E-state index contributed by atoms with van der Waals surface area (Å²) in [6.45, 7) is 1.43. The number of aliphatic hydroxyl groups is 1. The van der Waals surface area contributed by atoms with E-state index in [9.17, 15) is 14.7 Å². The predicted molar refractivity (Wildman–Crippen MR) is 103 cm³/mol. The number of benzene rings is 2. The molecule has 3 amide bonds. The first-order valence-corrected chi connectivity index (χ1v) is 9.64. The monoisotopic (exact) mass is 370 g/mol. The maximum Gasteiger partial charge on any atom is 0.325 e. The summed E-state index contributed by atoms with van der Waals surface area (Å²) >= 11 is 1.60. The molecule has 26 heavy (non-hydrogen) atoms. The topological polar surface area (TPSA) is 69.6 Å². The minimum Gasteiger partial charge on any atom is -0.394 e. The zero-order valence-corrected chi connectivity index (χ0v) is 15.4. The molecule has 1 fully saturated rings. The number of thioether (sulfide) groups is 1. The summed E-state index contributed by atoms with van der Waals surface area (Å²) in [5, 5.41) is 12.6. The van der Waals surface area contributed by atoms with E-state index in [0.717, 1.165) is 16.2 Å². The average molecular weight is 370 g/mol. The van der Waals surface area contributed by atoms with E-state index in [0.29, 0.717) is 5.75 Å². The first kappa shape index (κ1) is 18.5. The van der Waals surface area contributed by atoms with E-state index in [-0.39, 0.29) is 12.5 Å². The molecule has 0 bridgehead atoms.